The van der Waals surface area contributed by atoms with Crippen molar-refractivity contribution in [1.29, 1.82) is 5.41 Å². The molecule has 0 bridgehead atoms. The molecule has 0 saturated carbocycles. The fraction of sp³-hybridized carbons (Fsp3) is 0.192. The average molecular weight is 483 g/mol. The van der Waals surface area contributed by atoms with Crippen molar-refractivity contribution in [3.05, 3.63) is 88.5 Å². The van der Waals surface area contributed by atoms with Crippen molar-refractivity contribution in [3.63, 3.8) is 0 Å². The van der Waals surface area contributed by atoms with E-state index in [9.17, 15) is 13.5 Å². The summed E-state index contributed by atoms with van der Waals surface area (Å²) in [7, 11) is -2.66. The summed E-state index contributed by atoms with van der Waals surface area (Å²) in [5.74, 6) is 0. The molecule has 33 heavy (non-hydrogen) atoms. The van der Waals surface area contributed by atoms with Crippen LogP contribution in [-0.4, -0.2) is 24.8 Å². The van der Waals surface area contributed by atoms with Gasteiger partial charge in [0.1, 0.15) is 5.60 Å². The lowest BCUT2D eigenvalue weighted by molar-refractivity contribution is 0.154. The van der Waals surface area contributed by atoms with Gasteiger partial charge in [0.25, 0.3) is 0 Å². The maximum absolute atomic E-state index is 11.4. The summed E-state index contributed by atoms with van der Waals surface area (Å²) in [4.78, 5) is 0.272. The van der Waals surface area contributed by atoms with E-state index in [1.165, 1.54) is 0 Å². The van der Waals surface area contributed by atoms with Crippen LogP contribution in [0.1, 0.15) is 30.5 Å². The molecule has 5 nitrogen and oxygen atoms in total. The van der Waals surface area contributed by atoms with Gasteiger partial charge in [-0.3, -0.25) is 0 Å². The highest BCUT2D eigenvalue weighted by Gasteiger charge is 2.20. The largest absolute Gasteiger partial charge is 0.384 e. The Balaban J connectivity index is 2.07. The normalized spacial score (nSPS) is 12.2. The fourth-order valence-electron chi connectivity index (χ4n) is 3.44. The predicted molar refractivity (Wildman–Crippen MR) is 137 cm³/mol. The molecule has 0 heterocycles. The number of hydrogen-bond donors (Lipinski definition) is 4. The van der Waals surface area contributed by atoms with Gasteiger partial charge in [-0.25, -0.2) is 8.42 Å². The molecule has 0 spiro atoms. The van der Waals surface area contributed by atoms with Gasteiger partial charge in [0.15, 0.2) is 10.7 Å². The topological polar surface area (TPSA) is 90.3 Å². The zero-order valence-corrected chi connectivity index (χ0v) is 20.6. The lowest BCUT2D eigenvalue weighted by atomic mass is 9.97. The van der Waals surface area contributed by atoms with Crippen LogP contribution in [-0.2, 0) is 10.7 Å². The Morgan fingerprint density at radius 3 is 2.21 bits per heavy atom. The third kappa shape index (κ3) is 5.90. The third-order valence-electron chi connectivity index (χ3n) is 5.29. The van der Waals surface area contributed by atoms with Gasteiger partial charge in [0.2, 0.25) is 0 Å². The number of benzene rings is 3. The minimum absolute atomic E-state index is 0.0420. The predicted octanol–water partition coefficient (Wildman–Crippen LogP) is 5.84. The minimum atomic E-state index is -2.66. The highest BCUT2D eigenvalue weighted by molar-refractivity contribution is 7.72. The van der Waals surface area contributed by atoms with Crippen molar-refractivity contribution in [2.24, 2.45) is 0 Å². The Bertz CT molecular complexity index is 1290. The van der Waals surface area contributed by atoms with E-state index in [2.05, 4.69) is 5.32 Å². The Morgan fingerprint density at radius 1 is 1.00 bits per heavy atom. The molecule has 0 aliphatic heterocycles. The smallest absolute Gasteiger partial charge is 0.168 e. The molecule has 0 aliphatic carbocycles. The van der Waals surface area contributed by atoms with E-state index >= 15 is 0 Å². The van der Waals surface area contributed by atoms with Crippen molar-refractivity contribution < 1.29 is 13.5 Å². The zero-order chi connectivity index (χ0) is 24.3. The summed E-state index contributed by atoms with van der Waals surface area (Å²) in [6.07, 6.45) is 1.59. The molecular formula is C26H27ClN2O3S. The second-order valence-electron chi connectivity index (χ2n) is 8.43. The molecule has 0 unspecified atom stereocenters. The lowest BCUT2D eigenvalue weighted by Gasteiger charge is -2.21. The molecule has 172 valence electrons. The maximum Gasteiger partial charge on any atom is 0.168 e. The van der Waals surface area contributed by atoms with Crippen LogP contribution in [0.25, 0.3) is 16.8 Å². The van der Waals surface area contributed by atoms with E-state index in [-0.39, 0.29) is 10.6 Å². The monoisotopic (exact) mass is 482 g/mol. The molecule has 0 saturated heterocycles. The maximum atomic E-state index is 11.4. The van der Waals surface area contributed by atoms with Gasteiger partial charge in [-0.05, 0) is 86.4 Å². The number of anilines is 1. The van der Waals surface area contributed by atoms with Crippen LogP contribution in [0.2, 0.25) is 5.02 Å². The highest BCUT2D eigenvalue weighted by atomic mass is 35.5. The van der Waals surface area contributed by atoms with Crippen molar-refractivity contribution in [3.8, 4) is 11.1 Å². The van der Waals surface area contributed by atoms with Crippen molar-refractivity contribution in [2.75, 3.05) is 5.32 Å². The van der Waals surface area contributed by atoms with Gasteiger partial charge in [0, 0.05) is 22.0 Å². The Labute approximate surface area is 201 Å². The SMILES string of the molecule is Cc1cc(-c2cccc([SH](=O)=O)c2)cc(C)c1N/C(=C\C(=N)C(C)(C)O)c1ccccc1Cl. The summed E-state index contributed by atoms with van der Waals surface area (Å²) in [6, 6.07) is 18.1. The number of hydrogen-bond acceptors (Lipinski definition) is 5. The van der Waals surface area contributed by atoms with Gasteiger partial charge in [-0.15, -0.1) is 0 Å². The molecule has 3 aromatic carbocycles. The molecule has 0 aromatic heterocycles. The van der Waals surface area contributed by atoms with Crippen LogP contribution in [0.3, 0.4) is 0 Å². The van der Waals surface area contributed by atoms with Crippen LogP contribution in [0, 0.1) is 19.3 Å². The molecule has 0 aliphatic rings. The summed E-state index contributed by atoms with van der Waals surface area (Å²) in [5, 5.41) is 22.5. The van der Waals surface area contributed by atoms with Crippen molar-refractivity contribution in [1.82, 2.24) is 0 Å². The molecule has 0 amide bonds. The van der Waals surface area contributed by atoms with E-state index in [4.69, 9.17) is 17.0 Å². The van der Waals surface area contributed by atoms with Gasteiger partial charge >= 0.3 is 0 Å². The van der Waals surface area contributed by atoms with Crippen LogP contribution in [0.15, 0.2) is 71.6 Å². The van der Waals surface area contributed by atoms with E-state index in [1.54, 1.807) is 44.2 Å². The fourth-order valence-corrected chi connectivity index (χ4v) is 4.13. The Kier molecular flexibility index (Phi) is 7.42. The molecular weight excluding hydrogens is 456 g/mol. The van der Waals surface area contributed by atoms with Gasteiger partial charge in [-0.2, -0.15) is 0 Å². The summed E-state index contributed by atoms with van der Waals surface area (Å²) in [6.45, 7) is 7.04. The second-order valence-corrected chi connectivity index (χ2v) is 9.87. The molecule has 0 atom stereocenters. The molecule has 3 rings (SSSR count). The first-order valence-electron chi connectivity index (χ1n) is 10.4. The van der Waals surface area contributed by atoms with Crippen molar-refractivity contribution >= 4 is 39.4 Å². The number of aryl methyl sites for hydroxylation is 2. The first-order valence-corrected chi connectivity index (χ1v) is 11.9. The zero-order valence-electron chi connectivity index (χ0n) is 18.9. The van der Waals surface area contributed by atoms with Gasteiger partial charge in [-0.1, -0.05) is 41.9 Å². The van der Waals surface area contributed by atoms with Crippen molar-refractivity contribution in [2.45, 2.75) is 38.2 Å². The first kappa shape index (κ1) is 24.7. The number of halogens is 1. The van der Waals surface area contributed by atoms with E-state index in [0.29, 0.717) is 16.3 Å². The summed E-state index contributed by atoms with van der Waals surface area (Å²) in [5.41, 5.74) is 4.48. The van der Waals surface area contributed by atoms with Gasteiger partial charge < -0.3 is 15.8 Å². The van der Waals surface area contributed by atoms with Crippen LogP contribution in [0.4, 0.5) is 5.69 Å². The van der Waals surface area contributed by atoms with Crippen LogP contribution in [0.5, 0.6) is 0 Å². The highest BCUT2D eigenvalue weighted by Crippen LogP contribution is 2.33. The lowest BCUT2D eigenvalue weighted by Crippen LogP contribution is -2.29. The Morgan fingerprint density at radius 2 is 1.64 bits per heavy atom. The summed E-state index contributed by atoms with van der Waals surface area (Å²) < 4.78 is 22.8. The van der Waals surface area contributed by atoms with E-state index in [1.807, 2.05) is 50.2 Å². The molecule has 3 N–H and O–H groups in total. The number of aliphatic hydroxyl groups is 1. The first-order chi connectivity index (χ1) is 15.5. The van der Waals surface area contributed by atoms with Crippen LogP contribution >= 0.6 is 11.6 Å². The Hall–Kier alpha value is -2.93. The number of nitrogens with one attached hydrogen (secondary N) is 2. The standard InChI is InChI=1S/C26H27ClN2O3S/c1-16-12-19(18-8-7-9-20(14-18)33(31)32)13-17(2)25(16)29-23(15-24(28)26(3,4)30)21-10-5-6-11-22(21)27/h5-15,28-30,33H,1-4H3/b23-15-,28-24?. The molecule has 0 fully saturated rings. The summed E-state index contributed by atoms with van der Waals surface area (Å²) >= 11 is 6.44. The van der Waals surface area contributed by atoms with Gasteiger partial charge in [0.05, 0.1) is 10.6 Å². The molecule has 3 aromatic rings. The number of thiol groups is 1. The third-order valence-corrected chi connectivity index (χ3v) is 6.32. The van der Waals surface area contributed by atoms with E-state index in [0.717, 1.165) is 27.9 Å². The van der Waals surface area contributed by atoms with Crippen LogP contribution < -0.4 is 5.32 Å². The second kappa shape index (κ2) is 9.91. The minimum Gasteiger partial charge on any atom is -0.384 e. The average Bonchev–Trinajstić information content (AvgIpc) is 2.75. The molecule has 7 heteroatoms. The number of rotatable bonds is 7. The quantitative estimate of drug-likeness (QED) is 0.251. The van der Waals surface area contributed by atoms with E-state index < -0.39 is 16.3 Å². The molecule has 0 radical (unpaired) electrons.